The lowest BCUT2D eigenvalue weighted by Gasteiger charge is -2.37. The summed E-state index contributed by atoms with van der Waals surface area (Å²) in [7, 11) is 0. The van der Waals surface area contributed by atoms with Crippen LogP contribution in [-0.4, -0.2) is 135 Å². The predicted molar refractivity (Wildman–Crippen MR) is 345 cm³/mol. The van der Waals surface area contributed by atoms with E-state index in [-0.39, 0.29) is 101 Å². The maximum atomic E-state index is 14.5. The number of nitrogens with zero attached hydrogens (tertiary/aromatic N) is 4. The van der Waals surface area contributed by atoms with Crippen LogP contribution >= 0.6 is 12.4 Å². The quantitative estimate of drug-likeness (QED) is 0.0152. The maximum Gasteiger partial charge on any atom is 0.355 e. The van der Waals surface area contributed by atoms with E-state index in [1.165, 1.54) is 4.57 Å². The lowest BCUT2D eigenvalue weighted by Crippen LogP contribution is -2.58. The molecule has 5 heterocycles. The summed E-state index contributed by atoms with van der Waals surface area (Å²) in [6.07, 6.45) is -0.202. The monoisotopic (exact) mass is 1320 g/mol. The number of pyridine rings is 2. The van der Waals surface area contributed by atoms with Crippen molar-refractivity contribution in [1.29, 1.82) is 0 Å². The molecule has 3 aliphatic rings. The van der Waals surface area contributed by atoms with Crippen LogP contribution in [0.3, 0.4) is 0 Å². The number of benzene rings is 3. The third-order valence-electron chi connectivity index (χ3n) is 15.7. The first kappa shape index (κ1) is 71.2. The Bertz CT molecular complexity index is 3830. The van der Waals surface area contributed by atoms with Gasteiger partial charge in [0, 0.05) is 60.8 Å². The highest BCUT2D eigenvalue weighted by atomic mass is 35.5. The third-order valence-corrected chi connectivity index (χ3v) is 15.7. The zero-order chi connectivity index (χ0) is 67.3. The number of halogens is 1. The molecule has 0 spiro atoms. The fourth-order valence-corrected chi connectivity index (χ4v) is 10.9. The number of carboxylic acids is 1. The fraction of sp³-hybridized carbons (Fsp3) is 0.415. The Kier molecular flexibility index (Phi) is 23.8. The van der Waals surface area contributed by atoms with Crippen molar-refractivity contribution in [3.05, 3.63) is 134 Å². The summed E-state index contributed by atoms with van der Waals surface area (Å²) >= 11 is 0. The van der Waals surface area contributed by atoms with Crippen molar-refractivity contribution in [2.75, 3.05) is 13.1 Å². The molecule has 94 heavy (non-hydrogen) atoms. The molecule has 0 bridgehead atoms. The number of carbonyl (C=O) groups excluding carboxylic acids is 9. The molecule has 12 N–H and O–H groups in total. The molecule has 3 aliphatic heterocycles. The van der Waals surface area contributed by atoms with Gasteiger partial charge in [0.15, 0.2) is 5.96 Å². The van der Waals surface area contributed by atoms with Gasteiger partial charge in [0.25, 0.3) is 5.56 Å². The highest BCUT2D eigenvalue weighted by Crippen LogP contribution is 2.42. The number of aliphatic carboxylic acids is 1. The Morgan fingerprint density at radius 3 is 2.06 bits per heavy atom. The molecule has 3 aromatic carbocycles. The average molecular weight is 1320 g/mol. The van der Waals surface area contributed by atoms with Gasteiger partial charge in [-0.05, 0) is 74.8 Å². The van der Waals surface area contributed by atoms with Crippen molar-refractivity contribution in [3.63, 3.8) is 0 Å². The van der Waals surface area contributed by atoms with Crippen molar-refractivity contribution in [3.8, 4) is 11.4 Å². The van der Waals surface area contributed by atoms with Gasteiger partial charge in [-0.3, -0.25) is 48.1 Å². The second-order valence-electron chi connectivity index (χ2n) is 24.1. The van der Waals surface area contributed by atoms with Crippen LogP contribution in [0.15, 0.2) is 99.9 Å². The van der Waals surface area contributed by atoms with Crippen molar-refractivity contribution in [2.24, 2.45) is 27.5 Å². The summed E-state index contributed by atoms with van der Waals surface area (Å²) in [5.74, 6) is -9.73. The number of fused-ring (bicyclic) bond motifs is 5. The highest BCUT2D eigenvalue weighted by Gasteiger charge is 2.52. The number of para-hydroxylation sites is 1. The van der Waals surface area contributed by atoms with Crippen molar-refractivity contribution in [2.45, 2.75) is 154 Å². The minimum absolute atomic E-state index is 0. The number of cyclic esters (lactones) is 1. The number of oxime groups is 1. The normalized spacial score (nSPS) is 19.4. The van der Waals surface area contributed by atoms with E-state index in [2.05, 4.69) is 47.4 Å². The molecular weight excluding hydrogens is 1240 g/mol. The van der Waals surface area contributed by atoms with E-state index >= 15 is 0 Å². The van der Waals surface area contributed by atoms with Crippen LogP contribution in [0, 0.1) is 5.92 Å². The van der Waals surface area contributed by atoms with Crippen molar-refractivity contribution >= 4 is 94.7 Å². The van der Waals surface area contributed by atoms with Crippen LogP contribution in [0.25, 0.3) is 22.3 Å². The largest absolute Gasteiger partial charge is 0.481 e. The van der Waals surface area contributed by atoms with Gasteiger partial charge in [-0.1, -0.05) is 98.7 Å². The first-order valence-corrected chi connectivity index (χ1v) is 30.5. The number of esters is 2. The standard InChI is InChI=1S/C65H77N13O15.ClH/c1-7-65(43-28-49-55-41(33-78(49)60(88)42(43)34-91-62(65)90)40(31-71-93-64(4,5)6)39-16-11-12-17-44(39)73-55)92-61(89)54(35(2)3)77-51(80)24-23-50(79)69-30-38-21-19-37(20-22-38)27-47-57(85)74-45(18-13-25-68-63(66)67)56(84)70-32-52(81)72-48(29-53(82)83)59(87)76-46(58(86)75-47)26-36-14-9-8-10-15-36;/h8-12,14-17,19-22,28,31,35,45-48,54H,7,13,18,23-27,29-30,32-34H2,1-6H3,(H,69,79)(H,70,84)(H,72,81)(H,74,85)(H,75,86)(H,76,87)(H,77,80)(H,82,83)(H4,66,67,68);1H/b71-31+;/t45-,46?,47-,48-,54-,65-;/m0./s1. The van der Waals surface area contributed by atoms with E-state index in [4.69, 9.17) is 30.8 Å². The minimum Gasteiger partial charge on any atom is -0.481 e. The molecule has 500 valence electrons. The Morgan fingerprint density at radius 2 is 1.43 bits per heavy atom. The van der Waals surface area contributed by atoms with Gasteiger partial charge in [0.2, 0.25) is 47.0 Å². The summed E-state index contributed by atoms with van der Waals surface area (Å²) in [6.45, 7) is 9.62. The number of nitrogens with two attached hydrogens (primary N) is 2. The fourth-order valence-electron chi connectivity index (χ4n) is 10.9. The van der Waals surface area contributed by atoms with E-state index in [0.717, 1.165) is 5.39 Å². The number of hydrogen-bond acceptors (Lipinski definition) is 17. The van der Waals surface area contributed by atoms with E-state index in [1.54, 1.807) is 87.6 Å². The summed E-state index contributed by atoms with van der Waals surface area (Å²) in [4.78, 5) is 165. The van der Waals surface area contributed by atoms with E-state index in [0.29, 0.717) is 44.7 Å². The van der Waals surface area contributed by atoms with E-state index in [1.807, 2.05) is 45.0 Å². The summed E-state index contributed by atoms with van der Waals surface area (Å²) in [5, 5.41) is 32.7. The first-order chi connectivity index (χ1) is 44.2. The van der Waals surface area contributed by atoms with E-state index < -0.39 is 125 Å². The molecule has 7 amide bonds. The van der Waals surface area contributed by atoms with Gasteiger partial charge >= 0.3 is 17.9 Å². The molecule has 2 aromatic heterocycles. The van der Waals surface area contributed by atoms with Crippen LogP contribution in [-0.2, 0) is 100 Å². The SMILES string of the molecule is CC[C@@]1(OC(=O)[C@@H](NC(=O)CCC(=O)NCc2ccc(C[C@@H]3NC(=O)C(Cc4ccccc4)NC(=O)[C@H](CC(=O)O)NC(=O)CNC(=O)[C@H](CCCN=C(N)N)NC3=O)cc2)C(C)C)C(=O)OCc2c1cc1n(c2=O)Cc2c-1nc1ccccc1c2/C=N/OC(C)(C)C.Cl. The van der Waals surface area contributed by atoms with Crippen LogP contribution in [0.4, 0.5) is 0 Å². The topological polar surface area (TPSA) is 414 Å². The summed E-state index contributed by atoms with van der Waals surface area (Å²) in [6, 6.07) is 17.1. The number of carboxylic acid groups (broad SMARTS) is 1. The van der Waals surface area contributed by atoms with Gasteiger partial charge in [0.1, 0.15) is 42.4 Å². The van der Waals surface area contributed by atoms with Gasteiger partial charge in [-0.15, -0.1) is 12.4 Å². The number of rotatable bonds is 22. The molecule has 0 radical (unpaired) electrons. The molecule has 0 aliphatic carbocycles. The molecule has 28 nitrogen and oxygen atoms in total. The predicted octanol–water partition coefficient (Wildman–Crippen LogP) is 1.82. The second kappa shape index (κ2) is 31.4. The molecular formula is C65H78ClN13O15. The maximum absolute atomic E-state index is 14.5. The Hall–Kier alpha value is -10.3. The number of amides is 7. The third kappa shape index (κ3) is 17.9. The molecule has 5 aromatic rings. The molecule has 1 fully saturated rings. The van der Waals surface area contributed by atoms with Crippen molar-refractivity contribution in [1.82, 2.24) is 46.8 Å². The van der Waals surface area contributed by atoms with Gasteiger partial charge < -0.3 is 72.7 Å². The lowest BCUT2D eigenvalue weighted by molar-refractivity contribution is -0.191. The van der Waals surface area contributed by atoms with E-state index in [9.17, 15) is 57.8 Å². The number of carbonyl (C=O) groups is 10. The molecule has 1 unspecified atom stereocenters. The van der Waals surface area contributed by atoms with Crippen LogP contribution in [0.5, 0.6) is 0 Å². The first-order valence-electron chi connectivity index (χ1n) is 30.5. The van der Waals surface area contributed by atoms with Crippen molar-refractivity contribution < 1.29 is 67.4 Å². The number of aliphatic imine (C=N–C) groups is 1. The van der Waals surface area contributed by atoms with Gasteiger partial charge in [0.05, 0.1) is 48.2 Å². The summed E-state index contributed by atoms with van der Waals surface area (Å²) in [5.41, 5.74) is 12.6. The zero-order valence-electron chi connectivity index (χ0n) is 52.8. The van der Waals surface area contributed by atoms with Crippen LogP contribution in [0.1, 0.15) is 119 Å². The van der Waals surface area contributed by atoms with Crippen LogP contribution < -0.4 is 54.2 Å². The Morgan fingerprint density at radius 1 is 0.809 bits per heavy atom. The molecule has 1 saturated heterocycles. The Labute approximate surface area is 546 Å². The van der Waals surface area contributed by atoms with Gasteiger partial charge in [-0.25, -0.2) is 14.6 Å². The minimum atomic E-state index is -2.09. The Balaban J connectivity index is 0.0000125. The smallest absolute Gasteiger partial charge is 0.355 e. The number of nitrogens with one attached hydrogen (secondary N) is 7. The number of hydrogen-bond donors (Lipinski definition) is 10. The average Bonchev–Trinajstić information content (AvgIpc) is 1.49. The molecule has 29 heteroatoms. The highest BCUT2D eigenvalue weighted by molar-refractivity contribution is 6.03. The van der Waals surface area contributed by atoms with Gasteiger partial charge in [-0.2, -0.15) is 0 Å². The zero-order valence-corrected chi connectivity index (χ0v) is 53.6. The lowest BCUT2D eigenvalue weighted by atomic mass is 9.85. The molecule has 6 atom stereocenters. The molecule has 0 saturated carbocycles. The number of ether oxygens (including phenoxy) is 2. The van der Waals surface area contributed by atoms with Crippen LogP contribution in [0.2, 0.25) is 0 Å². The number of aromatic nitrogens is 2. The number of guanidine groups is 1. The second-order valence-corrected chi connectivity index (χ2v) is 24.1. The summed E-state index contributed by atoms with van der Waals surface area (Å²) < 4.78 is 13.3. The molecule has 8 rings (SSSR count).